The molecule has 0 spiro atoms. The molecule has 0 saturated carbocycles. The summed E-state index contributed by atoms with van der Waals surface area (Å²) in [4.78, 5) is 25.7. The van der Waals surface area contributed by atoms with Crippen molar-refractivity contribution < 1.29 is 38.7 Å². The number of carboxylic acids is 1. The lowest BCUT2D eigenvalue weighted by Gasteiger charge is -2.39. The highest BCUT2D eigenvalue weighted by Gasteiger charge is 2.34. The van der Waals surface area contributed by atoms with E-state index in [2.05, 4.69) is 22.3 Å². The van der Waals surface area contributed by atoms with Crippen LogP contribution < -0.4 is 14.8 Å². The molecule has 0 aliphatic carbocycles. The first kappa shape index (κ1) is 33.4. The number of rotatable bonds is 14. The molecule has 2 heterocycles. The van der Waals surface area contributed by atoms with E-state index < -0.39 is 12.3 Å². The average molecular weight is 633 g/mol. The highest BCUT2D eigenvalue weighted by molar-refractivity contribution is 5.90. The van der Waals surface area contributed by atoms with E-state index in [0.717, 1.165) is 54.2 Å². The summed E-state index contributed by atoms with van der Waals surface area (Å²) in [5.74, 6) is 0.539. The molecule has 1 amide bonds. The first-order chi connectivity index (χ1) is 22.3. The van der Waals surface area contributed by atoms with Crippen LogP contribution in [0.1, 0.15) is 78.7 Å². The summed E-state index contributed by atoms with van der Waals surface area (Å²) in [6.07, 6.45) is 2.91. The Morgan fingerprint density at radius 2 is 1.65 bits per heavy atom. The molecule has 0 bridgehead atoms. The van der Waals surface area contributed by atoms with Gasteiger partial charge < -0.3 is 34.5 Å². The molecule has 10 nitrogen and oxygen atoms in total. The van der Waals surface area contributed by atoms with Gasteiger partial charge in [-0.25, -0.2) is 0 Å². The average Bonchev–Trinajstić information content (AvgIpc) is 3.07. The Morgan fingerprint density at radius 1 is 0.913 bits per heavy atom. The molecule has 3 atom stereocenters. The van der Waals surface area contributed by atoms with E-state index in [-0.39, 0.29) is 31.1 Å². The quantitative estimate of drug-likeness (QED) is 0.190. The highest BCUT2D eigenvalue weighted by Crippen LogP contribution is 2.39. The molecule has 3 N–H and O–H groups in total. The molecule has 46 heavy (non-hydrogen) atoms. The zero-order valence-corrected chi connectivity index (χ0v) is 26.6. The predicted octanol–water partition coefficient (Wildman–Crippen LogP) is 5.77. The van der Waals surface area contributed by atoms with Gasteiger partial charge in [0.25, 0.3) is 0 Å². The topological polar surface area (TPSA) is 127 Å². The van der Waals surface area contributed by atoms with Crippen molar-refractivity contribution in [2.45, 2.75) is 76.6 Å². The first-order valence-electron chi connectivity index (χ1n) is 15.9. The Balaban J connectivity index is 1.28. The lowest BCUT2D eigenvalue weighted by atomic mass is 9.97. The zero-order chi connectivity index (χ0) is 32.5. The standard InChI is InChI=1S/C36H44N2O8/c1-43-32-18-26-15-16-38(21-28(26)19-33(32)44-2)22-30-20-31(25-13-11-24(23-39)12-14-25)46-36(45-30)27-7-6-8-29(17-27)37-34(40)9-4-3-5-10-35(41)42/h6-8,11-14,17-19,30-31,36,39H,3-5,9-10,15-16,20-23H2,1-2H3,(H,37,40)(H,41,42)/t30-,31+,36+/m0/s1. The number of carboxylic acid groups (broad SMARTS) is 1. The minimum atomic E-state index is -0.817. The third-order valence-electron chi connectivity index (χ3n) is 8.61. The molecule has 2 aliphatic heterocycles. The molecule has 3 aromatic rings. The third-order valence-corrected chi connectivity index (χ3v) is 8.61. The molecular weight excluding hydrogens is 588 g/mol. The normalized spacial score (nSPS) is 19.7. The number of benzene rings is 3. The van der Waals surface area contributed by atoms with Crippen molar-refractivity contribution in [3.63, 3.8) is 0 Å². The first-order valence-corrected chi connectivity index (χ1v) is 15.9. The Bertz CT molecular complexity index is 1480. The second-order valence-corrected chi connectivity index (χ2v) is 11.9. The summed E-state index contributed by atoms with van der Waals surface area (Å²) in [6.45, 7) is 2.36. The van der Waals surface area contributed by atoms with Gasteiger partial charge in [-0.1, -0.05) is 42.8 Å². The van der Waals surface area contributed by atoms with Crippen molar-refractivity contribution in [1.29, 1.82) is 0 Å². The number of aliphatic hydroxyl groups is 1. The summed E-state index contributed by atoms with van der Waals surface area (Å²) in [5.41, 5.74) is 5.80. The smallest absolute Gasteiger partial charge is 0.303 e. The van der Waals surface area contributed by atoms with Gasteiger partial charge in [0.2, 0.25) is 5.91 Å². The van der Waals surface area contributed by atoms with Gasteiger partial charge in [-0.2, -0.15) is 0 Å². The van der Waals surface area contributed by atoms with E-state index in [1.807, 2.05) is 48.5 Å². The Hall–Kier alpha value is -3.96. The predicted molar refractivity (Wildman–Crippen MR) is 173 cm³/mol. The van der Waals surface area contributed by atoms with Crippen molar-refractivity contribution in [2.75, 3.05) is 32.6 Å². The lowest BCUT2D eigenvalue weighted by molar-refractivity contribution is -0.253. The number of carbonyl (C=O) groups excluding carboxylic acids is 1. The van der Waals surface area contributed by atoms with Crippen molar-refractivity contribution in [3.8, 4) is 11.5 Å². The van der Waals surface area contributed by atoms with Gasteiger partial charge in [-0.15, -0.1) is 0 Å². The molecule has 0 unspecified atom stereocenters. The number of fused-ring (bicyclic) bond motifs is 1. The van der Waals surface area contributed by atoms with Crippen LogP contribution in [0, 0.1) is 0 Å². The number of ether oxygens (including phenoxy) is 4. The molecule has 246 valence electrons. The van der Waals surface area contributed by atoms with Crippen LogP contribution in [0.3, 0.4) is 0 Å². The van der Waals surface area contributed by atoms with Crippen LogP contribution in [-0.2, 0) is 38.6 Å². The SMILES string of the molecule is COc1cc2c(cc1OC)CN(C[C@@H]1C[C@H](c3ccc(CO)cc3)O[C@H](c3cccc(NC(=O)CCCCCC(=O)O)c3)O1)CC2. The van der Waals surface area contributed by atoms with Gasteiger partial charge in [0.1, 0.15) is 0 Å². The summed E-state index contributed by atoms with van der Waals surface area (Å²) in [5, 5.41) is 21.3. The third kappa shape index (κ3) is 8.85. The number of carbonyl (C=O) groups is 2. The summed E-state index contributed by atoms with van der Waals surface area (Å²) in [6, 6.07) is 19.5. The maximum atomic E-state index is 12.6. The van der Waals surface area contributed by atoms with E-state index in [1.165, 1.54) is 11.1 Å². The van der Waals surface area contributed by atoms with Crippen molar-refractivity contribution >= 4 is 17.6 Å². The van der Waals surface area contributed by atoms with Crippen molar-refractivity contribution in [3.05, 3.63) is 88.5 Å². The van der Waals surface area contributed by atoms with Crippen LogP contribution >= 0.6 is 0 Å². The van der Waals surface area contributed by atoms with Crippen LogP contribution in [0.2, 0.25) is 0 Å². The molecule has 3 aromatic carbocycles. The minimum absolute atomic E-state index is 0.0197. The van der Waals surface area contributed by atoms with Gasteiger partial charge in [0.05, 0.1) is 33.0 Å². The second-order valence-electron chi connectivity index (χ2n) is 11.9. The largest absolute Gasteiger partial charge is 0.493 e. The number of nitrogens with one attached hydrogen (secondary N) is 1. The van der Waals surface area contributed by atoms with E-state index in [0.29, 0.717) is 37.8 Å². The van der Waals surface area contributed by atoms with Crippen LogP contribution in [0.4, 0.5) is 5.69 Å². The van der Waals surface area contributed by atoms with Crippen molar-refractivity contribution in [1.82, 2.24) is 4.90 Å². The molecule has 5 rings (SSSR count). The fraction of sp³-hybridized carbons (Fsp3) is 0.444. The molecular formula is C36H44N2O8. The fourth-order valence-corrected chi connectivity index (χ4v) is 6.14. The summed E-state index contributed by atoms with van der Waals surface area (Å²) in [7, 11) is 3.31. The van der Waals surface area contributed by atoms with Gasteiger partial charge in [0.15, 0.2) is 17.8 Å². The van der Waals surface area contributed by atoms with Gasteiger partial charge in [-0.05, 0) is 65.8 Å². The highest BCUT2D eigenvalue weighted by atomic mass is 16.7. The fourth-order valence-electron chi connectivity index (χ4n) is 6.14. The maximum absolute atomic E-state index is 12.6. The number of anilines is 1. The van der Waals surface area contributed by atoms with Gasteiger partial charge in [0, 0.05) is 50.1 Å². The number of methoxy groups -OCH3 is 2. The number of hydrogen-bond donors (Lipinski definition) is 3. The van der Waals surface area contributed by atoms with E-state index in [4.69, 9.17) is 24.1 Å². The molecule has 0 aromatic heterocycles. The minimum Gasteiger partial charge on any atom is -0.493 e. The number of nitrogens with zero attached hydrogens (tertiary/aromatic N) is 1. The molecule has 0 radical (unpaired) electrons. The second kappa shape index (κ2) is 16.0. The number of aliphatic carboxylic acids is 1. The monoisotopic (exact) mass is 632 g/mol. The van der Waals surface area contributed by atoms with E-state index in [9.17, 15) is 14.7 Å². The maximum Gasteiger partial charge on any atom is 0.303 e. The van der Waals surface area contributed by atoms with Crippen LogP contribution in [-0.4, -0.2) is 60.4 Å². The number of unbranched alkanes of at least 4 members (excludes halogenated alkanes) is 2. The van der Waals surface area contributed by atoms with E-state index >= 15 is 0 Å². The molecule has 10 heteroatoms. The van der Waals surface area contributed by atoms with Crippen LogP contribution in [0.25, 0.3) is 0 Å². The van der Waals surface area contributed by atoms with E-state index in [1.54, 1.807) is 14.2 Å². The van der Waals surface area contributed by atoms with Crippen LogP contribution in [0.15, 0.2) is 60.7 Å². The van der Waals surface area contributed by atoms with Gasteiger partial charge in [-0.3, -0.25) is 14.5 Å². The Kier molecular flexibility index (Phi) is 11.7. The molecule has 1 saturated heterocycles. The number of aliphatic hydroxyl groups excluding tert-OH is 1. The van der Waals surface area contributed by atoms with Crippen LogP contribution in [0.5, 0.6) is 11.5 Å². The molecule has 1 fully saturated rings. The van der Waals surface area contributed by atoms with Gasteiger partial charge >= 0.3 is 5.97 Å². The molecule has 2 aliphatic rings. The Labute approximate surface area is 270 Å². The Morgan fingerprint density at radius 3 is 2.37 bits per heavy atom. The summed E-state index contributed by atoms with van der Waals surface area (Å²) >= 11 is 0. The summed E-state index contributed by atoms with van der Waals surface area (Å²) < 4.78 is 24.2. The van der Waals surface area contributed by atoms with Crippen molar-refractivity contribution in [2.24, 2.45) is 0 Å². The number of amides is 1. The zero-order valence-electron chi connectivity index (χ0n) is 26.6. The lowest BCUT2D eigenvalue weighted by Crippen LogP contribution is -2.41. The number of hydrogen-bond acceptors (Lipinski definition) is 8.